The fraction of sp³-hybridized carbons (Fsp3) is 0. The SMILES string of the molecule is c1ccc(-c2nc(-c3cccc4sc5c(-c6ccccc6)cccc5c34)nc(-c3cccc4oc5cccc(-c6ccccc6)c5c34)n2)cc1. The molecular weight excluding hydrogens is 631 g/mol. The molecule has 0 amide bonds. The Balaban J connectivity index is 1.26. The Bertz CT molecular complexity index is 2860. The number of aromatic nitrogens is 3. The average Bonchev–Trinajstić information content (AvgIpc) is 3.78. The fourth-order valence-corrected chi connectivity index (χ4v) is 8.39. The number of benzene rings is 7. The Kier molecular flexibility index (Phi) is 6.64. The van der Waals surface area contributed by atoms with E-state index in [-0.39, 0.29) is 0 Å². The normalized spacial score (nSPS) is 11.6. The van der Waals surface area contributed by atoms with Crippen molar-refractivity contribution in [3.63, 3.8) is 0 Å². The summed E-state index contributed by atoms with van der Waals surface area (Å²) in [5.41, 5.74) is 9.10. The summed E-state index contributed by atoms with van der Waals surface area (Å²) in [6.07, 6.45) is 0. The van der Waals surface area contributed by atoms with E-state index in [4.69, 9.17) is 19.4 Å². The quantitative estimate of drug-likeness (QED) is 0.185. The summed E-state index contributed by atoms with van der Waals surface area (Å²) in [6.45, 7) is 0. The Morgan fingerprint density at radius 3 is 1.50 bits per heavy atom. The van der Waals surface area contributed by atoms with Crippen LogP contribution in [0.1, 0.15) is 0 Å². The minimum atomic E-state index is 0.603. The summed E-state index contributed by atoms with van der Waals surface area (Å²) in [5, 5.41) is 4.39. The van der Waals surface area contributed by atoms with Gasteiger partial charge < -0.3 is 4.42 Å². The molecular formula is C45H27N3OS. The first-order valence-corrected chi connectivity index (χ1v) is 17.4. The zero-order chi connectivity index (χ0) is 33.0. The second kappa shape index (κ2) is 11.6. The number of furan rings is 1. The molecule has 4 nitrogen and oxygen atoms in total. The van der Waals surface area contributed by atoms with E-state index in [1.54, 1.807) is 0 Å². The van der Waals surface area contributed by atoms with E-state index in [1.807, 2.05) is 53.8 Å². The van der Waals surface area contributed by atoms with E-state index in [2.05, 4.69) is 121 Å². The number of rotatable bonds is 5. The van der Waals surface area contributed by atoms with Crippen LogP contribution in [-0.4, -0.2) is 15.0 Å². The predicted octanol–water partition coefficient (Wildman–Crippen LogP) is 12.5. The second-order valence-electron chi connectivity index (χ2n) is 12.3. The van der Waals surface area contributed by atoms with Gasteiger partial charge in [-0.2, -0.15) is 0 Å². The maximum absolute atomic E-state index is 6.48. The highest BCUT2D eigenvalue weighted by atomic mass is 32.1. The number of thiophene rings is 1. The van der Waals surface area contributed by atoms with Crippen molar-refractivity contribution in [2.45, 2.75) is 0 Å². The number of fused-ring (bicyclic) bond motifs is 6. The third kappa shape index (κ3) is 4.63. The molecule has 0 aliphatic rings. The van der Waals surface area contributed by atoms with E-state index in [0.717, 1.165) is 55.1 Å². The molecule has 0 atom stereocenters. The molecule has 0 fully saturated rings. The lowest BCUT2D eigenvalue weighted by Crippen LogP contribution is -2.00. The van der Waals surface area contributed by atoms with Crippen LogP contribution in [0.25, 0.3) is 98.5 Å². The van der Waals surface area contributed by atoms with Crippen LogP contribution < -0.4 is 0 Å². The molecule has 0 saturated heterocycles. The lowest BCUT2D eigenvalue weighted by Gasteiger charge is -2.11. The van der Waals surface area contributed by atoms with Crippen molar-refractivity contribution < 1.29 is 4.42 Å². The predicted molar refractivity (Wildman–Crippen MR) is 207 cm³/mol. The smallest absolute Gasteiger partial charge is 0.164 e. The van der Waals surface area contributed by atoms with Crippen LogP contribution in [0.5, 0.6) is 0 Å². The van der Waals surface area contributed by atoms with Gasteiger partial charge in [0.15, 0.2) is 17.5 Å². The van der Waals surface area contributed by atoms with Crippen molar-refractivity contribution in [1.82, 2.24) is 15.0 Å². The molecule has 3 heterocycles. The molecule has 0 aliphatic carbocycles. The van der Waals surface area contributed by atoms with E-state index in [9.17, 15) is 0 Å². The topological polar surface area (TPSA) is 51.8 Å². The van der Waals surface area contributed by atoms with E-state index in [1.165, 1.54) is 25.9 Å². The average molecular weight is 658 g/mol. The molecule has 10 aromatic rings. The van der Waals surface area contributed by atoms with Crippen molar-refractivity contribution in [2.75, 3.05) is 0 Å². The molecule has 7 aromatic carbocycles. The van der Waals surface area contributed by atoms with Gasteiger partial charge in [-0.3, -0.25) is 0 Å². The minimum absolute atomic E-state index is 0.603. The van der Waals surface area contributed by atoms with Gasteiger partial charge in [0.25, 0.3) is 0 Å². The molecule has 3 aromatic heterocycles. The summed E-state index contributed by atoms with van der Waals surface area (Å²) in [5.74, 6) is 1.86. The van der Waals surface area contributed by atoms with E-state index in [0.29, 0.717) is 17.5 Å². The molecule has 0 radical (unpaired) electrons. The zero-order valence-corrected chi connectivity index (χ0v) is 27.6. The van der Waals surface area contributed by atoms with Crippen molar-refractivity contribution >= 4 is 53.4 Å². The summed E-state index contributed by atoms with van der Waals surface area (Å²) in [4.78, 5) is 15.6. The number of hydrogen-bond donors (Lipinski definition) is 0. The van der Waals surface area contributed by atoms with Gasteiger partial charge in [-0.05, 0) is 40.5 Å². The number of hydrogen-bond acceptors (Lipinski definition) is 5. The van der Waals surface area contributed by atoms with Gasteiger partial charge in [-0.1, -0.05) is 146 Å². The highest BCUT2D eigenvalue weighted by Gasteiger charge is 2.21. The number of nitrogens with zero attached hydrogens (tertiary/aromatic N) is 3. The molecule has 0 aliphatic heterocycles. The molecule has 10 rings (SSSR count). The van der Waals surface area contributed by atoms with Crippen LogP contribution in [0.3, 0.4) is 0 Å². The van der Waals surface area contributed by atoms with Gasteiger partial charge >= 0.3 is 0 Å². The van der Waals surface area contributed by atoms with Crippen LogP contribution in [0, 0.1) is 0 Å². The molecule has 0 unspecified atom stereocenters. The monoisotopic (exact) mass is 657 g/mol. The van der Waals surface area contributed by atoms with Crippen LogP contribution in [-0.2, 0) is 0 Å². The van der Waals surface area contributed by atoms with Crippen LogP contribution in [0.15, 0.2) is 168 Å². The summed E-state index contributed by atoms with van der Waals surface area (Å²) >= 11 is 1.81. The van der Waals surface area contributed by atoms with Gasteiger partial charge in [0.1, 0.15) is 11.2 Å². The van der Waals surface area contributed by atoms with Gasteiger partial charge in [0.05, 0.1) is 0 Å². The highest BCUT2D eigenvalue weighted by molar-refractivity contribution is 7.26. The van der Waals surface area contributed by atoms with E-state index >= 15 is 0 Å². The first-order chi connectivity index (χ1) is 24.8. The third-order valence-corrected chi connectivity index (χ3v) is 10.6. The molecule has 0 bridgehead atoms. The summed E-state index contributed by atoms with van der Waals surface area (Å²) < 4.78 is 8.93. The summed E-state index contributed by atoms with van der Waals surface area (Å²) in [6, 6.07) is 56.6. The maximum atomic E-state index is 6.48. The van der Waals surface area contributed by atoms with Crippen molar-refractivity contribution in [2.24, 2.45) is 0 Å². The Morgan fingerprint density at radius 1 is 0.360 bits per heavy atom. The van der Waals surface area contributed by atoms with Crippen molar-refractivity contribution in [3.05, 3.63) is 164 Å². The fourth-order valence-electron chi connectivity index (χ4n) is 7.12. The Morgan fingerprint density at radius 2 is 0.840 bits per heavy atom. The molecule has 0 N–H and O–H groups in total. The molecule has 50 heavy (non-hydrogen) atoms. The standard InChI is InChI=1S/C45H27N3OS/c1-4-14-28(15-5-1)31-20-11-25-36-40(31)41-35(23-12-26-37(41)49-36)45-47-43(30-18-8-3-9-19-30)46-44(48-45)34-24-13-27-38-39(34)33-22-10-21-32(42(33)50-38)29-16-6-2-7-17-29/h1-27H. The van der Waals surface area contributed by atoms with Gasteiger partial charge in [0, 0.05) is 47.6 Å². The first-order valence-electron chi connectivity index (χ1n) is 16.6. The maximum Gasteiger partial charge on any atom is 0.164 e. The minimum Gasteiger partial charge on any atom is -0.456 e. The van der Waals surface area contributed by atoms with Crippen LogP contribution in [0.2, 0.25) is 0 Å². The highest BCUT2D eigenvalue weighted by Crippen LogP contribution is 2.45. The van der Waals surface area contributed by atoms with Crippen molar-refractivity contribution in [3.8, 4) is 56.4 Å². The Hall–Kier alpha value is -6.43. The first kappa shape index (κ1) is 28.6. The largest absolute Gasteiger partial charge is 0.456 e. The third-order valence-electron chi connectivity index (χ3n) is 9.36. The molecule has 0 saturated carbocycles. The van der Waals surface area contributed by atoms with Gasteiger partial charge in [-0.15, -0.1) is 11.3 Å². The second-order valence-corrected chi connectivity index (χ2v) is 13.4. The molecule has 5 heteroatoms. The lowest BCUT2D eigenvalue weighted by atomic mass is 9.97. The van der Waals surface area contributed by atoms with Crippen molar-refractivity contribution in [1.29, 1.82) is 0 Å². The molecule has 0 spiro atoms. The molecule has 234 valence electrons. The zero-order valence-electron chi connectivity index (χ0n) is 26.7. The Labute approximate surface area is 292 Å². The van der Waals surface area contributed by atoms with Gasteiger partial charge in [0.2, 0.25) is 0 Å². The van der Waals surface area contributed by atoms with Crippen LogP contribution >= 0.6 is 11.3 Å². The van der Waals surface area contributed by atoms with Gasteiger partial charge in [-0.25, -0.2) is 15.0 Å². The lowest BCUT2D eigenvalue weighted by molar-refractivity contribution is 0.669. The van der Waals surface area contributed by atoms with Crippen LogP contribution in [0.4, 0.5) is 0 Å². The van der Waals surface area contributed by atoms with E-state index < -0.39 is 0 Å². The summed E-state index contributed by atoms with van der Waals surface area (Å²) in [7, 11) is 0.